The van der Waals surface area contributed by atoms with E-state index in [4.69, 9.17) is 4.42 Å². The Morgan fingerprint density at radius 3 is 2.00 bits per heavy atom. The molecule has 0 atom stereocenters. The molecule has 2 nitrogen and oxygen atoms in total. The highest BCUT2D eigenvalue weighted by atomic mass is 16.4. The highest BCUT2D eigenvalue weighted by Gasteiger charge is 2.07. The summed E-state index contributed by atoms with van der Waals surface area (Å²) in [4.78, 5) is 11.8. The number of rotatable bonds is 2. The summed E-state index contributed by atoms with van der Waals surface area (Å²) in [6, 6.07) is 27.6. The Morgan fingerprint density at radius 1 is 0.609 bits per heavy atom. The van der Waals surface area contributed by atoms with E-state index >= 15 is 0 Å². The van der Waals surface area contributed by atoms with E-state index < -0.39 is 0 Å². The summed E-state index contributed by atoms with van der Waals surface area (Å²) in [7, 11) is 0. The van der Waals surface area contributed by atoms with Gasteiger partial charge in [0.1, 0.15) is 5.58 Å². The van der Waals surface area contributed by atoms with Crippen molar-refractivity contribution in [3.8, 4) is 22.3 Å². The third kappa shape index (κ3) is 2.55. The molecule has 1 aromatic heterocycles. The summed E-state index contributed by atoms with van der Waals surface area (Å²) < 4.78 is 5.26. The molecule has 3 aromatic carbocycles. The molecule has 0 unspecified atom stereocenters. The molecule has 0 fully saturated rings. The summed E-state index contributed by atoms with van der Waals surface area (Å²) in [5.74, 6) is 0. The molecule has 4 aromatic rings. The largest absolute Gasteiger partial charge is 0.423 e. The molecule has 0 radical (unpaired) electrons. The van der Waals surface area contributed by atoms with E-state index in [2.05, 4.69) is 24.3 Å². The van der Waals surface area contributed by atoms with Gasteiger partial charge in [-0.3, -0.25) is 0 Å². The minimum Gasteiger partial charge on any atom is -0.423 e. The lowest BCUT2D eigenvalue weighted by atomic mass is 9.98. The Labute approximate surface area is 133 Å². The fraction of sp³-hybridized carbons (Fsp3) is 0. The molecule has 0 aliphatic carbocycles. The average molecular weight is 298 g/mol. The van der Waals surface area contributed by atoms with Crippen LogP contribution in [0, 0.1) is 0 Å². The lowest BCUT2D eigenvalue weighted by Gasteiger charge is -2.07. The van der Waals surface area contributed by atoms with Gasteiger partial charge in [-0.25, -0.2) is 4.79 Å². The van der Waals surface area contributed by atoms with Crippen molar-refractivity contribution in [1.29, 1.82) is 0 Å². The Bertz CT molecular complexity index is 1010. The lowest BCUT2D eigenvalue weighted by molar-refractivity contribution is 0.561. The summed E-state index contributed by atoms with van der Waals surface area (Å²) in [5.41, 5.74) is 4.52. The van der Waals surface area contributed by atoms with Gasteiger partial charge in [0.05, 0.1) is 0 Å². The van der Waals surface area contributed by atoms with E-state index in [0.717, 1.165) is 22.1 Å². The fourth-order valence-corrected chi connectivity index (χ4v) is 2.82. The molecule has 0 N–H and O–H groups in total. The maximum absolute atomic E-state index is 11.8. The summed E-state index contributed by atoms with van der Waals surface area (Å²) in [5, 5.41) is 0.944. The number of hydrogen-bond acceptors (Lipinski definition) is 2. The highest BCUT2D eigenvalue weighted by molar-refractivity contribution is 5.93. The first-order valence-electron chi connectivity index (χ1n) is 7.50. The molecule has 0 saturated carbocycles. The van der Waals surface area contributed by atoms with Crippen LogP contribution in [0.15, 0.2) is 94.1 Å². The van der Waals surface area contributed by atoms with Gasteiger partial charge in [-0.1, -0.05) is 72.8 Å². The minimum absolute atomic E-state index is 0.328. The van der Waals surface area contributed by atoms with Crippen LogP contribution >= 0.6 is 0 Å². The Morgan fingerprint density at radius 2 is 1.22 bits per heavy atom. The maximum atomic E-state index is 11.8. The predicted molar refractivity (Wildman–Crippen MR) is 93.4 cm³/mol. The van der Waals surface area contributed by atoms with E-state index in [1.54, 1.807) is 6.07 Å². The number of para-hydroxylation sites is 1. The monoisotopic (exact) mass is 298 g/mol. The number of hydrogen-bond donors (Lipinski definition) is 0. The van der Waals surface area contributed by atoms with Crippen LogP contribution in [0.4, 0.5) is 0 Å². The van der Waals surface area contributed by atoms with Gasteiger partial charge in [0, 0.05) is 11.5 Å². The standard InChI is InChI=1S/C21H14O2/c22-21-14-19(18-8-4-5-9-20(18)23-21)17-12-10-16(11-13-17)15-6-2-1-3-7-15/h1-14H. The van der Waals surface area contributed by atoms with Crippen molar-refractivity contribution in [3.63, 3.8) is 0 Å². The van der Waals surface area contributed by atoms with Crippen molar-refractivity contribution in [2.75, 3.05) is 0 Å². The van der Waals surface area contributed by atoms with Gasteiger partial charge in [0.2, 0.25) is 0 Å². The van der Waals surface area contributed by atoms with Crippen LogP contribution in [0.5, 0.6) is 0 Å². The Hall–Kier alpha value is -3.13. The van der Waals surface area contributed by atoms with Crippen LogP contribution in [-0.2, 0) is 0 Å². The average Bonchev–Trinajstić information content (AvgIpc) is 2.62. The second-order valence-corrected chi connectivity index (χ2v) is 5.42. The second kappa shape index (κ2) is 5.58. The van der Waals surface area contributed by atoms with Crippen molar-refractivity contribution in [1.82, 2.24) is 0 Å². The van der Waals surface area contributed by atoms with Gasteiger partial charge in [-0.2, -0.15) is 0 Å². The van der Waals surface area contributed by atoms with Crippen LogP contribution in [0.25, 0.3) is 33.2 Å². The fourth-order valence-electron chi connectivity index (χ4n) is 2.82. The van der Waals surface area contributed by atoms with Gasteiger partial charge < -0.3 is 4.42 Å². The van der Waals surface area contributed by atoms with E-state index in [0.29, 0.717) is 5.58 Å². The highest BCUT2D eigenvalue weighted by Crippen LogP contribution is 2.29. The molecule has 23 heavy (non-hydrogen) atoms. The van der Waals surface area contributed by atoms with E-state index in [1.165, 1.54) is 5.56 Å². The van der Waals surface area contributed by atoms with Gasteiger partial charge in [-0.15, -0.1) is 0 Å². The van der Waals surface area contributed by atoms with Gasteiger partial charge >= 0.3 is 5.63 Å². The van der Waals surface area contributed by atoms with Crippen LogP contribution < -0.4 is 5.63 Å². The zero-order valence-electron chi connectivity index (χ0n) is 12.4. The van der Waals surface area contributed by atoms with Crippen molar-refractivity contribution < 1.29 is 4.42 Å². The molecule has 0 spiro atoms. The third-order valence-corrected chi connectivity index (χ3v) is 3.95. The molecule has 1 heterocycles. The zero-order chi connectivity index (χ0) is 15.6. The molecule has 0 aliphatic rings. The molecule has 0 saturated heterocycles. The summed E-state index contributed by atoms with van der Waals surface area (Å²) in [6.07, 6.45) is 0. The number of benzene rings is 3. The molecule has 0 aliphatic heterocycles. The van der Waals surface area contributed by atoms with Crippen molar-refractivity contribution in [2.24, 2.45) is 0 Å². The molecule has 0 bridgehead atoms. The molecular formula is C21H14O2. The van der Waals surface area contributed by atoms with Crippen LogP contribution in [0.1, 0.15) is 0 Å². The van der Waals surface area contributed by atoms with Crippen LogP contribution in [-0.4, -0.2) is 0 Å². The number of fused-ring (bicyclic) bond motifs is 1. The minimum atomic E-state index is -0.328. The quantitative estimate of drug-likeness (QED) is 0.480. The molecule has 4 rings (SSSR count). The predicted octanol–water partition coefficient (Wildman–Crippen LogP) is 5.13. The zero-order valence-corrected chi connectivity index (χ0v) is 12.4. The van der Waals surface area contributed by atoms with E-state index in [9.17, 15) is 4.79 Å². The van der Waals surface area contributed by atoms with Gasteiger partial charge in [0.25, 0.3) is 0 Å². The topological polar surface area (TPSA) is 30.2 Å². The van der Waals surface area contributed by atoms with Crippen LogP contribution in [0.3, 0.4) is 0 Å². The smallest absolute Gasteiger partial charge is 0.336 e. The normalized spacial score (nSPS) is 10.8. The third-order valence-electron chi connectivity index (χ3n) is 3.95. The van der Waals surface area contributed by atoms with Crippen molar-refractivity contribution in [2.45, 2.75) is 0 Å². The second-order valence-electron chi connectivity index (χ2n) is 5.42. The van der Waals surface area contributed by atoms with Gasteiger partial charge in [-0.05, 0) is 28.3 Å². The molecule has 0 amide bonds. The van der Waals surface area contributed by atoms with Crippen molar-refractivity contribution >= 4 is 11.0 Å². The first-order chi connectivity index (χ1) is 11.3. The molecular weight excluding hydrogens is 284 g/mol. The Kier molecular flexibility index (Phi) is 3.28. The molecule has 2 heteroatoms. The Balaban J connectivity index is 1.84. The van der Waals surface area contributed by atoms with E-state index in [-0.39, 0.29) is 5.63 Å². The van der Waals surface area contributed by atoms with Gasteiger partial charge in [0.15, 0.2) is 0 Å². The van der Waals surface area contributed by atoms with E-state index in [1.807, 2.05) is 54.6 Å². The summed E-state index contributed by atoms with van der Waals surface area (Å²) >= 11 is 0. The van der Waals surface area contributed by atoms with Crippen LogP contribution in [0.2, 0.25) is 0 Å². The molecule has 110 valence electrons. The first-order valence-corrected chi connectivity index (χ1v) is 7.50. The lowest BCUT2D eigenvalue weighted by Crippen LogP contribution is -1.97. The van der Waals surface area contributed by atoms with Crippen molar-refractivity contribution in [3.05, 3.63) is 95.3 Å². The SMILES string of the molecule is O=c1cc(-c2ccc(-c3ccccc3)cc2)c2ccccc2o1. The first kappa shape index (κ1) is 13.5. The summed E-state index contributed by atoms with van der Waals surface area (Å²) in [6.45, 7) is 0. The maximum Gasteiger partial charge on any atom is 0.336 e.